The van der Waals surface area contributed by atoms with Crippen molar-refractivity contribution in [3.8, 4) is 0 Å². The number of alkyl halides is 3. The van der Waals surface area contributed by atoms with Crippen molar-refractivity contribution >= 4 is 22.4 Å². The Labute approximate surface area is 139 Å². The molecule has 3 N–H and O–H groups in total. The zero-order valence-electron chi connectivity index (χ0n) is 12.4. The zero-order chi connectivity index (χ0) is 17.6. The smallest absolute Gasteiger partial charge is 0.374 e. The standard InChI is InChI=1S/C14H15F3N4O2S/c15-14(16,17)12(9-4-2-1-3-5-9)23-8-10(22)19-7-6-11-20-21-13(18)24-11/h1-5,12H,6-8H2,(H2,18,21)(H,19,22)/t12-/m0/s1. The number of hydrogen-bond acceptors (Lipinski definition) is 6. The third-order valence-electron chi connectivity index (χ3n) is 2.92. The molecular formula is C14H15F3N4O2S. The fraction of sp³-hybridized carbons (Fsp3) is 0.357. The fourth-order valence-corrected chi connectivity index (χ4v) is 2.50. The van der Waals surface area contributed by atoms with Crippen LogP contribution in [0.1, 0.15) is 16.7 Å². The van der Waals surface area contributed by atoms with Crippen molar-refractivity contribution in [3.63, 3.8) is 0 Å². The minimum absolute atomic E-state index is 0.0536. The molecular weight excluding hydrogens is 345 g/mol. The second-order valence-corrected chi connectivity index (χ2v) is 5.87. The van der Waals surface area contributed by atoms with E-state index in [1.165, 1.54) is 35.6 Å². The Kier molecular flexibility index (Phi) is 6.10. The van der Waals surface area contributed by atoms with Crippen LogP contribution in [0.2, 0.25) is 0 Å². The molecule has 0 aliphatic rings. The van der Waals surface area contributed by atoms with E-state index in [-0.39, 0.29) is 12.1 Å². The van der Waals surface area contributed by atoms with Gasteiger partial charge in [0.2, 0.25) is 11.0 Å². The average Bonchev–Trinajstić information content (AvgIpc) is 2.93. The second kappa shape index (κ2) is 8.06. The molecule has 24 heavy (non-hydrogen) atoms. The van der Waals surface area contributed by atoms with Crippen molar-refractivity contribution < 1.29 is 22.7 Å². The van der Waals surface area contributed by atoms with E-state index in [0.29, 0.717) is 16.6 Å². The number of anilines is 1. The molecule has 0 saturated carbocycles. The fourth-order valence-electron chi connectivity index (χ4n) is 1.89. The highest BCUT2D eigenvalue weighted by Gasteiger charge is 2.42. The summed E-state index contributed by atoms with van der Waals surface area (Å²) in [6.45, 7) is -0.490. The van der Waals surface area contributed by atoms with Crippen molar-refractivity contribution in [2.45, 2.75) is 18.7 Å². The van der Waals surface area contributed by atoms with Crippen LogP contribution in [0, 0.1) is 0 Å². The largest absolute Gasteiger partial charge is 0.418 e. The maximum atomic E-state index is 13.0. The van der Waals surface area contributed by atoms with Crippen LogP contribution in [-0.4, -0.2) is 35.4 Å². The van der Waals surface area contributed by atoms with Gasteiger partial charge in [-0.1, -0.05) is 41.7 Å². The van der Waals surface area contributed by atoms with Gasteiger partial charge in [-0.25, -0.2) is 0 Å². The Morgan fingerprint density at radius 1 is 1.29 bits per heavy atom. The van der Waals surface area contributed by atoms with Crippen LogP contribution in [0.25, 0.3) is 0 Å². The average molecular weight is 360 g/mol. The minimum Gasteiger partial charge on any atom is -0.374 e. The maximum absolute atomic E-state index is 13.0. The first-order chi connectivity index (χ1) is 11.4. The number of nitrogens with two attached hydrogens (primary N) is 1. The number of amides is 1. The number of halogens is 3. The maximum Gasteiger partial charge on any atom is 0.418 e. The first-order valence-corrected chi connectivity index (χ1v) is 7.75. The molecule has 130 valence electrons. The zero-order valence-corrected chi connectivity index (χ0v) is 13.2. The molecule has 0 fully saturated rings. The number of nitrogens with zero attached hydrogens (tertiary/aromatic N) is 2. The van der Waals surface area contributed by atoms with Crippen molar-refractivity contribution in [1.29, 1.82) is 0 Å². The van der Waals surface area contributed by atoms with E-state index >= 15 is 0 Å². The summed E-state index contributed by atoms with van der Waals surface area (Å²) in [4.78, 5) is 11.6. The summed E-state index contributed by atoms with van der Waals surface area (Å²) < 4.78 is 43.9. The van der Waals surface area contributed by atoms with Crippen LogP contribution in [0.4, 0.5) is 18.3 Å². The monoisotopic (exact) mass is 360 g/mol. The lowest BCUT2D eigenvalue weighted by Gasteiger charge is -2.21. The van der Waals surface area contributed by atoms with Gasteiger partial charge < -0.3 is 15.8 Å². The first kappa shape index (κ1) is 18.1. The number of benzene rings is 1. The summed E-state index contributed by atoms with van der Waals surface area (Å²) in [5, 5.41) is 10.8. The highest BCUT2D eigenvalue weighted by atomic mass is 32.1. The van der Waals surface area contributed by atoms with Crippen LogP contribution >= 0.6 is 11.3 Å². The Morgan fingerprint density at radius 3 is 2.58 bits per heavy atom. The van der Waals surface area contributed by atoms with Crippen molar-refractivity contribution in [2.75, 3.05) is 18.9 Å². The molecule has 10 heteroatoms. The summed E-state index contributed by atoms with van der Waals surface area (Å²) in [7, 11) is 0. The molecule has 0 spiro atoms. The molecule has 1 aromatic heterocycles. The van der Waals surface area contributed by atoms with Crippen molar-refractivity contribution in [1.82, 2.24) is 15.5 Å². The molecule has 6 nitrogen and oxygen atoms in total. The number of carbonyl (C=O) groups is 1. The molecule has 0 aliphatic heterocycles. The molecule has 0 saturated heterocycles. The van der Waals surface area contributed by atoms with E-state index in [9.17, 15) is 18.0 Å². The van der Waals surface area contributed by atoms with E-state index in [0.717, 1.165) is 0 Å². The minimum atomic E-state index is -4.61. The van der Waals surface area contributed by atoms with E-state index in [1.807, 2.05) is 0 Å². The molecule has 1 atom stereocenters. The Morgan fingerprint density at radius 2 is 2.00 bits per heavy atom. The highest BCUT2D eigenvalue weighted by Crippen LogP contribution is 2.35. The van der Waals surface area contributed by atoms with Crippen molar-refractivity contribution in [2.24, 2.45) is 0 Å². The summed E-state index contributed by atoms with van der Waals surface area (Å²) in [5.41, 5.74) is 5.36. The van der Waals surface area contributed by atoms with Gasteiger partial charge in [-0.05, 0) is 5.56 Å². The van der Waals surface area contributed by atoms with Gasteiger partial charge in [-0.15, -0.1) is 10.2 Å². The lowest BCUT2D eigenvalue weighted by Crippen LogP contribution is -2.32. The van der Waals surface area contributed by atoms with E-state index in [1.54, 1.807) is 6.07 Å². The third-order valence-corrected chi connectivity index (χ3v) is 3.74. The SMILES string of the molecule is Nc1nnc(CCNC(=O)CO[C@@H](c2ccccc2)C(F)(F)F)s1. The number of rotatable bonds is 7. The van der Waals surface area contributed by atoms with Gasteiger partial charge in [-0.3, -0.25) is 4.79 Å². The molecule has 1 heterocycles. The summed E-state index contributed by atoms with van der Waals surface area (Å²) in [6, 6.07) is 7.16. The Balaban J connectivity index is 1.82. The normalized spacial score (nSPS) is 12.8. The topological polar surface area (TPSA) is 90.1 Å². The predicted octanol–water partition coefficient (Wildman–Crippen LogP) is 2.10. The number of carbonyl (C=O) groups excluding carboxylic acids is 1. The van der Waals surface area contributed by atoms with Crippen LogP contribution in [-0.2, 0) is 16.0 Å². The summed E-state index contributed by atoms with van der Waals surface area (Å²) in [6.07, 6.45) is -6.36. The molecule has 0 radical (unpaired) electrons. The molecule has 2 aromatic rings. The van der Waals surface area contributed by atoms with E-state index in [4.69, 9.17) is 10.5 Å². The van der Waals surface area contributed by atoms with Crippen LogP contribution < -0.4 is 11.1 Å². The predicted molar refractivity (Wildman–Crippen MR) is 82.2 cm³/mol. The van der Waals surface area contributed by atoms with Crippen LogP contribution in [0.5, 0.6) is 0 Å². The lowest BCUT2D eigenvalue weighted by molar-refractivity contribution is -0.223. The first-order valence-electron chi connectivity index (χ1n) is 6.94. The van der Waals surface area contributed by atoms with Gasteiger partial charge in [0.25, 0.3) is 0 Å². The van der Waals surface area contributed by atoms with Gasteiger partial charge in [0.05, 0.1) is 0 Å². The molecule has 0 bridgehead atoms. The van der Waals surface area contributed by atoms with E-state index in [2.05, 4.69) is 15.5 Å². The molecule has 0 unspecified atom stereocenters. The third kappa shape index (κ3) is 5.46. The Bertz CT molecular complexity index is 664. The highest BCUT2D eigenvalue weighted by molar-refractivity contribution is 7.15. The number of nitrogens with one attached hydrogen (secondary N) is 1. The summed E-state index contributed by atoms with van der Waals surface area (Å²) in [5.74, 6) is -0.641. The van der Waals surface area contributed by atoms with E-state index < -0.39 is 24.8 Å². The van der Waals surface area contributed by atoms with Crippen molar-refractivity contribution in [3.05, 3.63) is 40.9 Å². The second-order valence-electron chi connectivity index (χ2n) is 4.78. The number of nitrogen functional groups attached to an aromatic ring is 1. The van der Waals surface area contributed by atoms with Gasteiger partial charge in [0.15, 0.2) is 6.10 Å². The molecule has 1 amide bonds. The van der Waals surface area contributed by atoms with Gasteiger partial charge >= 0.3 is 6.18 Å². The quantitative estimate of drug-likeness (QED) is 0.789. The van der Waals surface area contributed by atoms with Crippen LogP contribution in [0.15, 0.2) is 30.3 Å². The Hall–Kier alpha value is -2.20. The van der Waals surface area contributed by atoms with Crippen LogP contribution in [0.3, 0.4) is 0 Å². The number of aromatic nitrogens is 2. The summed E-state index contributed by atoms with van der Waals surface area (Å²) >= 11 is 1.18. The molecule has 2 rings (SSSR count). The van der Waals surface area contributed by atoms with Gasteiger partial charge in [0, 0.05) is 13.0 Å². The van der Waals surface area contributed by atoms with Gasteiger partial charge in [0.1, 0.15) is 11.6 Å². The lowest BCUT2D eigenvalue weighted by atomic mass is 10.1. The molecule has 0 aliphatic carbocycles. The number of ether oxygens (including phenoxy) is 1. The molecule has 1 aromatic carbocycles. The number of hydrogen-bond donors (Lipinski definition) is 2. The van der Waals surface area contributed by atoms with Gasteiger partial charge in [-0.2, -0.15) is 13.2 Å².